The lowest BCUT2D eigenvalue weighted by Gasteiger charge is -2.39. The summed E-state index contributed by atoms with van der Waals surface area (Å²) in [5.74, 6) is -0.324. The number of carbonyl (C=O) groups excluding carboxylic acids is 1. The third kappa shape index (κ3) is 1.45. The van der Waals surface area contributed by atoms with Gasteiger partial charge < -0.3 is 4.74 Å². The summed E-state index contributed by atoms with van der Waals surface area (Å²) in [5.41, 5.74) is -1.50. The molecule has 0 aromatic rings. The van der Waals surface area contributed by atoms with Gasteiger partial charge in [-0.25, -0.2) is 0 Å². The first-order valence-corrected chi connectivity index (χ1v) is 5.34. The van der Waals surface area contributed by atoms with E-state index in [-0.39, 0.29) is 5.97 Å². The van der Waals surface area contributed by atoms with Crippen molar-refractivity contribution in [2.45, 2.75) is 12.8 Å². The van der Waals surface area contributed by atoms with Crippen molar-refractivity contribution in [2.75, 3.05) is 6.61 Å². The van der Waals surface area contributed by atoms with Crippen LogP contribution in [-0.2, 0) is 9.53 Å². The van der Waals surface area contributed by atoms with Crippen LogP contribution in [0.1, 0.15) is 12.8 Å². The largest absolute Gasteiger partial charge is 0.465 e. The molecular formula is C14H18O2. The summed E-state index contributed by atoms with van der Waals surface area (Å²) in [6.45, 7) is 15.5. The van der Waals surface area contributed by atoms with E-state index in [9.17, 15) is 4.79 Å². The van der Waals surface area contributed by atoms with Crippen LogP contribution in [0, 0.1) is 10.8 Å². The maximum absolute atomic E-state index is 12.1. The molecule has 0 radical (unpaired) electrons. The summed E-state index contributed by atoms with van der Waals surface area (Å²) in [5, 5.41) is 0. The summed E-state index contributed by atoms with van der Waals surface area (Å²) >= 11 is 0. The summed E-state index contributed by atoms with van der Waals surface area (Å²) in [7, 11) is 0. The lowest BCUT2D eigenvalue weighted by Crippen LogP contribution is -2.42. The van der Waals surface area contributed by atoms with Crippen LogP contribution in [0.3, 0.4) is 0 Å². The average Bonchev–Trinajstić information content (AvgIpc) is 2.46. The van der Waals surface area contributed by atoms with E-state index >= 15 is 0 Å². The third-order valence-corrected chi connectivity index (χ3v) is 3.45. The molecule has 16 heavy (non-hydrogen) atoms. The molecule has 1 aliphatic rings. The van der Waals surface area contributed by atoms with E-state index in [1.165, 1.54) is 0 Å². The molecule has 0 bridgehead atoms. The van der Waals surface area contributed by atoms with Gasteiger partial charge in [-0.05, 0) is 12.8 Å². The zero-order valence-electron chi connectivity index (χ0n) is 9.58. The first kappa shape index (κ1) is 12.5. The Bertz CT molecular complexity index is 323. The molecule has 0 amide bonds. The molecule has 0 unspecified atom stereocenters. The number of cyclic esters (lactones) is 1. The third-order valence-electron chi connectivity index (χ3n) is 3.45. The number of esters is 1. The smallest absolute Gasteiger partial charge is 0.321 e. The van der Waals surface area contributed by atoms with E-state index < -0.39 is 10.8 Å². The predicted octanol–water partition coefficient (Wildman–Crippen LogP) is 3.04. The fraction of sp³-hybridized carbons (Fsp3) is 0.357. The van der Waals surface area contributed by atoms with Crippen molar-refractivity contribution in [3.05, 3.63) is 50.6 Å². The maximum atomic E-state index is 12.1. The molecule has 0 aromatic heterocycles. The fourth-order valence-corrected chi connectivity index (χ4v) is 2.30. The van der Waals surface area contributed by atoms with E-state index in [2.05, 4.69) is 26.3 Å². The molecule has 2 heteroatoms. The lowest BCUT2D eigenvalue weighted by molar-refractivity contribution is -0.151. The monoisotopic (exact) mass is 218 g/mol. The Labute approximate surface area is 97.0 Å². The second-order valence-electron chi connectivity index (χ2n) is 3.97. The number of rotatable bonds is 4. The number of hydrogen-bond acceptors (Lipinski definition) is 2. The Morgan fingerprint density at radius 2 is 1.62 bits per heavy atom. The lowest BCUT2D eigenvalue weighted by atomic mass is 9.61. The second-order valence-corrected chi connectivity index (χ2v) is 3.97. The van der Waals surface area contributed by atoms with Gasteiger partial charge in [0.1, 0.15) is 5.41 Å². The van der Waals surface area contributed by atoms with Crippen LogP contribution in [-0.4, -0.2) is 12.6 Å². The molecule has 1 fully saturated rings. The van der Waals surface area contributed by atoms with Gasteiger partial charge in [-0.3, -0.25) is 4.79 Å². The van der Waals surface area contributed by atoms with Crippen LogP contribution in [0.25, 0.3) is 0 Å². The minimum Gasteiger partial charge on any atom is -0.465 e. The van der Waals surface area contributed by atoms with Gasteiger partial charge in [0, 0.05) is 5.41 Å². The highest BCUT2D eigenvalue weighted by molar-refractivity contribution is 5.84. The minimum atomic E-state index is -0.951. The first-order valence-electron chi connectivity index (χ1n) is 5.34. The Morgan fingerprint density at radius 1 is 1.06 bits per heavy atom. The fourth-order valence-electron chi connectivity index (χ4n) is 2.30. The van der Waals surface area contributed by atoms with Crippen LogP contribution >= 0.6 is 0 Å². The average molecular weight is 218 g/mol. The molecule has 1 heterocycles. The number of ether oxygens (including phenoxy) is 1. The van der Waals surface area contributed by atoms with Crippen LogP contribution in [0.2, 0.25) is 0 Å². The highest BCUT2D eigenvalue weighted by atomic mass is 16.5. The zero-order chi connectivity index (χ0) is 12.2. The van der Waals surface area contributed by atoms with Crippen LogP contribution < -0.4 is 0 Å². The Balaban J connectivity index is 3.44. The van der Waals surface area contributed by atoms with Gasteiger partial charge >= 0.3 is 5.97 Å². The maximum Gasteiger partial charge on any atom is 0.321 e. The molecule has 1 aliphatic heterocycles. The van der Waals surface area contributed by atoms with Gasteiger partial charge in [-0.15, -0.1) is 26.3 Å². The SMILES string of the molecule is C=CC1(C=C)CCCOC(=O)C1(C=C)C=C. The Hall–Kier alpha value is -1.57. The Kier molecular flexibility index (Phi) is 3.53. The molecule has 0 aliphatic carbocycles. The topological polar surface area (TPSA) is 26.3 Å². The second kappa shape index (κ2) is 4.52. The van der Waals surface area contributed by atoms with Gasteiger partial charge in [-0.1, -0.05) is 24.3 Å². The van der Waals surface area contributed by atoms with Crippen molar-refractivity contribution in [1.82, 2.24) is 0 Å². The van der Waals surface area contributed by atoms with Gasteiger partial charge in [0.05, 0.1) is 6.61 Å². The van der Waals surface area contributed by atoms with Gasteiger partial charge in [-0.2, -0.15) is 0 Å². The normalized spacial score (nSPS) is 22.4. The Morgan fingerprint density at radius 3 is 2.06 bits per heavy atom. The predicted molar refractivity (Wildman–Crippen MR) is 65.8 cm³/mol. The van der Waals surface area contributed by atoms with Gasteiger partial charge in [0.2, 0.25) is 0 Å². The zero-order valence-corrected chi connectivity index (χ0v) is 9.58. The molecule has 86 valence electrons. The van der Waals surface area contributed by atoms with Crippen LogP contribution in [0.15, 0.2) is 50.6 Å². The number of carbonyl (C=O) groups is 1. The van der Waals surface area contributed by atoms with Crippen LogP contribution in [0.5, 0.6) is 0 Å². The molecule has 1 saturated heterocycles. The molecule has 0 N–H and O–H groups in total. The van der Waals surface area contributed by atoms with Crippen molar-refractivity contribution >= 4 is 5.97 Å². The molecule has 0 saturated carbocycles. The molecule has 0 spiro atoms. The quantitative estimate of drug-likeness (QED) is 0.535. The van der Waals surface area contributed by atoms with Crippen LogP contribution in [0.4, 0.5) is 0 Å². The molecule has 0 atom stereocenters. The molecule has 1 rings (SSSR count). The van der Waals surface area contributed by atoms with Crippen molar-refractivity contribution in [2.24, 2.45) is 10.8 Å². The molecule has 2 nitrogen and oxygen atoms in total. The van der Waals surface area contributed by atoms with E-state index in [0.717, 1.165) is 12.8 Å². The van der Waals surface area contributed by atoms with E-state index in [1.54, 1.807) is 24.3 Å². The summed E-state index contributed by atoms with van der Waals surface area (Å²) in [4.78, 5) is 12.1. The van der Waals surface area contributed by atoms with E-state index in [1.807, 2.05) is 0 Å². The van der Waals surface area contributed by atoms with Crippen molar-refractivity contribution < 1.29 is 9.53 Å². The van der Waals surface area contributed by atoms with Crippen molar-refractivity contribution in [1.29, 1.82) is 0 Å². The van der Waals surface area contributed by atoms with E-state index in [4.69, 9.17) is 4.74 Å². The highest BCUT2D eigenvalue weighted by Gasteiger charge is 2.51. The molecular weight excluding hydrogens is 200 g/mol. The minimum absolute atomic E-state index is 0.324. The van der Waals surface area contributed by atoms with Crippen molar-refractivity contribution in [3.63, 3.8) is 0 Å². The first-order chi connectivity index (χ1) is 7.62. The molecule has 0 aromatic carbocycles. The summed E-state index contributed by atoms with van der Waals surface area (Å²) < 4.78 is 5.18. The highest BCUT2D eigenvalue weighted by Crippen LogP contribution is 2.49. The summed E-state index contributed by atoms with van der Waals surface area (Å²) in [6.07, 6.45) is 8.19. The van der Waals surface area contributed by atoms with Crippen molar-refractivity contribution in [3.8, 4) is 0 Å². The van der Waals surface area contributed by atoms with Gasteiger partial charge in [0.25, 0.3) is 0 Å². The number of hydrogen-bond donors (Lipinski definition) is 0. The van der Waals surface area contributed by atoms with Gasteiger partial charge in [0.15, 0.2) is 0 Å². The van der Waals surface area contributed by atoms with E-state index in [0.29, 0.717) is 6.61 Å². The summed E-state index contributed by atoms with van der Waals surface area (Å²) in [6, 6.07) is 0. The standard InChI is InChI=1S/C14H18O2/c1-5-13(6-2)10-9-11-16-12(15)14(13,7-3)8-4/h5-8H,1-4,9-11H2. The number of allylic oxidation sites excluding steroid dienone is 2.